The molecule has 0 unspecified atom stereocenters. The smallest absolute Gasteiger partial charge is 0.118 e. The average molecular weight is 248 g/mol. The summed E-state index contributed by atoms with van der Waals surface area (Å²) in [6.07, 6.45) is 3.46. The van der Waals surface area contributed by atoms with Crippen LogP contribution in [-0.4, -0.2) is 25.0 Å². The number of nitrogens with zero attached hydrogens (tertiary/aromatic N) is 1. The van der Waals surface area contributed by atoms with E-state index in [1.807, 2.05) is 25.1 Å². The monoisotopic (exact) mass is 248 g/mol. The van der Waals surface area contributed by atoms with Crippen LogP contribution in [0.4, 0.5) is 0 Å². The van der Waals surface area contributed by atoms with Crippen molar-refractivity contribution in [2.75, 3.05) is 20.1 Å². The Morgan fingerprint density at radius 1 is 1.28 bits per heavy atom. The minimum atomic E-state index is 0.848. The SMILES string of the molecule is Cc1ccc(CN(C)CCNCc2ccoc2)o1. The maximum atomic E-state index is 5.54. The van der Waals surface area contributed by atoms with Crippen molar-refractivity contribution in [2.45, 2.75) is 20.0 Å². The number of nitrogens with one attached hydrogen (secondary N) is 1. The van der Waals surface area contributed by atoms with Crippen LogP contribution >= 0.6 is 0 Å². The molecule has 0 atom stereocenters. The normalized spacial score (nSPS) is 11.3. The van der Waals surface area contributed by atoms with Crippen LogP contribution in [-0.2, 0) is 13.1 Å². The fraction of sp³-hybridized carbons (Fsp3) is 0.429. The Hall–Kier alpha value is -1.52. The van der Waals surface area contributed by atoms with Crippen LogP contribution in [0.1, 0.15) is 17.1 Å². The third kappa shape index (κ3) is 4.05. The van der Waals surface area contributed by atoms with E-state index in [0.717, 1.165) is 37.7 Å². The maximum Gasteiger partial charge on any atom is 0.118 e. The van der Waals surface area contributed by atoms with Gasteiger partial charge >= 0.3 is 0 Å². The highest BCUT2D eigenvalue weighted by Gasteiger charge is 2.03. The second-order valence-electron chi connectivity index (χ2n) is 4.56. The van der Waals surface area contributed by atoms with Crippen molar-refractivity contribution in [3.8, 4) is 0 Å². The van der Waals surface area contributed by atoms with Gasteiger partial charge in [0.1, 0.15) is 11.5 Å². The Morgan fingerprint density at radius 3 is 2.83 bits per heavy atom. The van der Waals surface area contributed by atoms with E-state index < -0.39 is 0 Å². The molecule has 0 aliphatic carbocycles. The Balaban J connectivity index is 1.61. The average Bonchev–Trinajstić information content (AvgIpc) is 2.96. The summed E-state index contributed by atoms with van der Waals surface area (Å²) in [4.78, 5) is 2.24. The van der Waals surface area contributed by atoms with E-state index >= 15 is 0 Å². The van der Waals surface area contributed by atoms with Crippen molar-refractivity contribution in [1.29, 1.82) is 0 Å². The molecule has 0 aliphatic rings. The molecule has 0 aromatic carbocycles. The highest BCUT2D eigenvalue weighted by Crippen LogP contribution is 2.08. The molecule has 0 aliphatic heterocycles. The van der Waals surface area contributed by atoms with Crippen molar-refractivity contribution in [3.05, 3.63) is 47.8 Å². The molecule has 0 radical (unpaired) electrons. The number of likely N-dealkylation sites (N-methyl/N-ethyl adjacent to an activating group) is 1. The highest BCUT2D eigenvalue weighted by molar-refractivity contribution is 5.05. The summed E-state index contributed by atoms with van der Waals surface area (Å²) in [5.74, 6) is 1.99. The minimum Gasteiger partial charge on any atom is -0.472 e. The molecule has 2 rings (SSSR count). The second kappa shape index (κ2) is 6.42. The zero-order valence-corrected chi connectivity index (χ0v) is 11.0. The molecule has 0 amide bonds. The van der Waals surface area contributed by atoms with E-state index in [-0.39, 0.29) is 0 Å². The summed E-state index contributed by atoms with van der Waals surface area (Å²) in [6.45, 7) is 5.60. The van der Waals surface area contributed by atoms with Gasteiger partial charge in [0.05, 0.1) is 19.1 Å². The van der Waals surface area contributed by atoms with Crippen LogP contribution in [0.15, 0.2) is 39.6 Å². The van der Waals surface area contributed by atoms with E-state index in [9.17, 15) is 0 Å². The molecule has 0 bridgehead atoms. The van der Waals surface area contributed by atoms with Gasteiger partial charge < -0.3 is 14.2 Å². The summed E-state index contributed by atoms with van der Waals surface area (Å²) in [5.41, 5.74) is 1.18. The first-order chi connectivity index (χ1) is 8.74. The minimum absolute atomic E-state index is 0.848. The maximum absolute atomic E-state index is 5.54. The molecule has 4 nitrogen and oxygen atoms in total. The van der Waals surface area contributed by atoms with Gasteiger partial charge in [-0.25, -0.2) is 0 Å². The van der Waals surface area contributed by atoms with Gasteiger partial charge in [-0.2, -0.15) is 0 Å². The van der Waals surface area contributed by atoms with Gasteiger partial charge in [0.2, 0.25) is 0 Å². The van der Waals surface area contributed by atoms with E-state index in [0.29, 0.717) is 0 Å². The standard InChI is InChI=1S/C14H20N2O2/c1-12-3-4-14(18-12)10-16(2)7-6-15-9-13-5-8-17-11-13/h3-5,8,11,15H,6-7,9-10H2,1-2H3. The fourth-order valence-corrected chi connectivity index (χ4v) is 1.81. The highest BCUT2D eigenvalue weighted by atomic mass is 16.3. The third-order valence-corrected chi connectivity index (χ3v) is 2.80. The lowest BCUT2D eigenvalue weighted by Crippen LogP contribution is -2.28. The van der Waals surface area contributed by atoms with Gasteiger partial charge in [0.25, 0.3) is 0 Å². The van der Waals surface area contributed by atoms with E-state index in [2.05, 4.69) is 17.3 Å². The Morgan fingerprint density at radius 2 is 2.17 bits per heavy atom. The Bertz CT molecular complexity index is 448. The van der Waals surface area contributed by atoms with Crippen LogP contribution in [0.3, 0.4) is 0 Å². The van der Waals surface area contributed by atoms with Crippen molar-refractivity contribution in [2.24, 2.45) is 0 Å². The molecule has 0 saturated carbocycles. The van der Waals surface area contributed by atoms with Crippen LogP contribution in [0.5, 0.6) is 0 Å². The quantitative estimate of drug-likeness (QED) is 0.764. The summed E-state index contributed by atoms with van der Waals surface area (Å²) < 4.78 is 10.6. The summed E-state index contributed by atoms with van der Waals surface area (Å²) >= 11 is 0. The van der Waals surface area contributed by atoms with E-state index in [4.69, 9.17) is 8.83 Å². The van der Waals surface area contributed by atoms with Gasteiger partial charge in [0.15, 0.2) is 0 Å². The first kappa shape index (κ1) is 12.9. The predicted molar refractivity (Wildman–Crippen MR) is 70.2 cm³/mol. The van der Waals surface area contributed by atoms with Crippen LogP contribution in [0.25, 0.3) is 0 Å². The lowest BCUT2D eigenvalue weighted by molar-refractivity contribution is 0.291. The zero-order valence-electron chi connectivity index (χ0n) is 11.0. The number of hydrogen-bond donors (Lipinski definition) is 1. The van der Waals surface area contributed by atoms with Crippen molar-refractivity contribution < 1.29 is 8.83 Å². The van der Waals surface area contributed by atoms with E-state index in [1.165, 1.54) is 5.56 Å². The van der Waals surface area contributed by atoms with Crippen molar-refractivity contribution in [3.63, 3.8) is 0 Å². The van der Waals surface area contributed by atoms with Gasteiger partial charge in [-0.15, -0.1) is 0 Å². The lowest BCUT2D eigenvalue weighted by Gasteiger charge is -2.15. The number of hydrogen-bond acceptors (Lipinski definition) is 4. The largest absolute Gasteiger partial charge is 0.472 e. The summed E-state index contributed by atoms with van der Waals surface area (Å²) in [7, 11) is 2.09. The lowest BCUT2D eigenvalue weighted by atomic mass is 10.3. The molecule has 2 heterocycles. The molecule has 18 heavy (non-hydrogen) atoms. The molecule has 98 valence electrons. The summed E-state index contributed by atoms with van der Waals surface area (Å²) in [6, 6.07) is 6.01. The Labute approximate surface area is 108 Å². The molecule has 2 aromatic rings. The van der Waals surface area contributed by atoms with Gasteiger partial charge in [0, 0.05) is 25.2 Å². The van der Waals surface area contributed by atoms with Gasteiger partial charge in [-0.1, -0.05) is 0 Å². The molecule has 0 saturated heterocycles. The van der Waals surface area contributed by atoms with Crippen LogP contribution in [0, 0.1) is 6.92 Å². The van der Waals surface area contributed by atoms with Crippen LogP contribution < -0.4 is 5.32 Å². The molecular weight excluding hydrogens is 228 g/mol. The fourth-order valence-electron chi connectivity index (χ4n) is 1.81. The van der Waals surface area contributed by atoms with Crippen LogP contribution in [0.2, 0.25) is 0 Å². The molecular formula is C14H20N2O2. The predicted octanol–water partition coefficient (Wildman–Crippen LogP) is 2.40. The van der Waals surface area contributed by atoms with Crippen molar-refractivity contribution in [1.82, 2.24) is 10.2 Å². The number of rotatable bonds is 7. The molecule has 2 aromatic heterocycles. The first-order valence-corrected chi connectivity index (χ1v) is 6.19. The zero-order chi connectivity index (χ0) is 12.8. The second-order valence-corrected chi connectivity index (χ2v) is 4.56. The number of aryl methyl sites for hydroxylation is 1. The number of furan rings is 2. The Kier molecular flexibility index (Phi) is 4.61. The molecule has 0 spiro atoms. The van der Waals surface area contributed by atoms with Gasteiger partial charge in [-0.3, -0.25) is 4.90 Å². The summed E-state index contributed by atoms with van der Waals surface area (Å²) in [5, 5.41) is 3.38. The first-order valence-electron chi connectivity index (χ1n) is 6.19. The van der Waals surface area contributed by atoms with E-state index in [1.54, 1.807) is 12.5 Å². The topological polar surface area (TPSA) is 41.5 Å². The molecule has 4 heteroatoms. The van der Waals surface area contributed by atoms with Crippen molar-refractivity contribution >= 4 is 0 Å². The molecule has 0 fully saturated rings. The third-order valence-electron chi connectivity index (χ3n) is 2.80. The molecule has 1 N–H and O–H groups in total. The van der Waals surface area contributed by atoms with Gasteiger partial charge in [-0.05, 0) is 32.2 Å².